The van der Waals surface area contributed by atoms with Gasteiger partial charge in [-0.15, -0.1) is 0 Å². The average Bonchev–Trinajstić information content (AvgIpc) is 3.00. The first-order chi connectivity index (χ1) is 11.8. The number of amides is 2. The second-order valence-electron chi connectivity index (χ2n) is 6.72. The van der Waals surface area contributed by atoms with Crippen molar-refractivity contribution in [3.63, 3.8) is 0 Å². The zero-order chi connectivity index (χ0) is 18.6. The van der Waals surface area contributed by atoms with Gasteiger partial charge in [-0.25, -0.2) is 4.98 Å². The standard InChI is InChI=1S/C18H25N5O2/c1-6-19-16(24)12-8-9-20-15(10-12)21-17(25)13-11-14(18(3,4)5)22-23(13)7-2/h8-11H,6-7H2,1-5H3,(H,19,24)(H,20,21,25). The highest BCUT2D eigenvalue weighted by molar-refractivity contribution is 6.03. The molecule has 0 fully saturated rings. The Bertz CT molecular complexity index is 774. The number of aromatic nitrogens is 3. The predicted molar refractivity (Wildman–Crippen MR) is 96.8 cm³/mol. The monoisotopic (exact) mass is 343 g/mol. The molecular weight excluding hydrogens is 318 g/mol. The van der Waals surface area contributed by atoms with Crippen molar-refractivity contribution in [3.8, 4) is 0 Å². The van der Waals surface area contributed by atoms with Gasteiger partial charge in [-0.3, -0.25) is 14.3 Å². The number of rotatable bonds is 5. The fourth-order valence-corrected chi connectivity index (χ4v) is 2.29. The van der Waals surface area contributed by atoms with E-state index in [2.05, 4.69) is 20.7 Å². The van der Waals surface area contributed by atoms with Crippen molar-refractivity contribution < 1.29 is 9.59 Å². The third kappa shape index (κ3) is 4.43. The quantitative estimate of drug-likeness (QED) is 0.873. The maximum absolute atomic E-state index is 12.6. The van der Waals surface area contributed by atoms with E-state index in [0.717, 1.165) is 5.69 Å². The molecule has 0 spiro atoms. The molecule has 0 aliphatic heterocycles. The Morgan fingerprint density at radius 3 is 2.48 bits per heavy atom. The summed E-state index contributed by atoms with van der Waals surface area (Å²) in [6, 6.07) is 4.96. The van der Waals surface area contributed by atoms with E-state index >= 15 is 0 Å². The molecule has 0 bridgehead atoms. The van der Waals surface area contributed by atoms with Gasteiger partial charge in [0.15, 0.2) is 0 Å². The Balaban J connectivity index is 2.24. The molecule has 7 nitrogen and oxygen atoms in total. The number of aryl methyl sites for hydroxylation is 1. The summed E-state index contributed by atoms with van der Waals surface area (Å²) >= 11 is 0. The lowest BCUT2D eigenvalue weighted by Gasteiger charge is -2.13. The van der Waals surface area contributed by atoms with Crippen LogP contribution in [0.3, 0.4) is 0 Å². The second kappa shape index (κ2) is 7.46. The van der Waals surface area contributed by atoms with Crippen LogP contribution >= 0.6 is 0 Å². The molecule has 0 aliphatic rings. The van der Waals surface area contributed by atoms with Gasteiger partial charge < -0.3 is 10.6 Å². The van der Waals surface area contributed by atoms with Gasteiger partial charge in [0.1, 0.15) is 11.5 Å². The van der Waals surface area contributed by atoms with Crippen molar-refractivity contribution in [3.05, 3.63) is 41.3 Å². The Morgan fingerprint density at radius 2 is 1.88 bits per heavy atom. The summed E-state index contributed by atoms with van der Waals surface area (Å²) in [6.45, 7) is 11.1. The van der Waals surface area contributed by atoms with E-state index in [-0.39, 0.29) is 17.2 Å². The molecule has 0 radical (unpaired) electrons. The van der Waals surface area contributed by atoms with Crippen molar-refractivity contribution in [1.82, 2.24) is 20.1 Å². The highest BCUT2D eigenvalue weighted by Gasteiger charge is 2.22. The highest BCUT2D eigenvalue weighted by Crippen LogP contribution is 2.22. The van der Waals surface area contributed by atoms with Crippen LogP contribution in [0.2, 0.25) is 0 Å². The summed E-state index contributed by atoms with van der Waals surface area (Å²) in [5, 5.41) is 9.97. The zero-order valence-electron chi connectivity index (χ0n) is 15.4. The van der Waals surface area contributed by atoms with Crippen molar-refractivity contribution in [2.24, 2.45) is 0 Å². The van der Waals surface area contributed by atoms with Crippen molar-refractivity contribution in [2.45, 2.75) is 46.6 Å². The van der Waals surface area contributed by atoms with Crippen LogP contribution in [-0.2, 0) is 12.0 Å². The predicted octanol–water partition coefficient (Wildman–Crippen LogP) is 2.60. The lowest BCUT2D eigenvalue weighted by Crippen LogP contribution is -2.23. The fraction of sp³-hybridized carbons (Fsp3) is 0.444. The van der Waals surface area contributed by atoms with E-state index < -0.39 is 0 Å². The molecule has 25 heavy (non-hydrogen) atoms. The van der Waals surface area contributed by atoms with Crippen LogP contribution in [0, 0.1) is 0 Å². The van der Waals surface area contributed by atoms with Crippen molar-refractivity contribution >= 4 is 17.6 Å². The molecule has 2 N–H and O–H groups in total. The van der Waals surface area contributed by atoms with Gasteiger partial charge in [0.05, 0.1) is 5.69 Å². The van der Waals surface area contributed by atoms with Gasteiger partial charge >= 0.3 is 0 Å². The third-order valence-corrected chi connectivity index (χ3v) is 3.68. The summed E-state index contributed by atoms with van der Waals surface area (Å²) in [6.07, 6.45) is 1.50. The number of carbonyl (C=O) groups is 2. The molecule has 2 rings (SSSR count). The number of hydrogen-bond donors (Lipinski definition) is 2. The Labute approximate surface area is 147 Å². The first-order valence-electron chi connectivity index (χ1n) is 8.40. The zero-order valence-corrected chi connectivity index (χ0v) is 15.4. The highest BCUT2D eigenvalue weighted by atomic mass is 16.2. The van der Waals surface area contributed by atoms with E-state index in [1.165, 1.54) is 6.20 Å². The molecule has 0 saturated carbocycles. The molecule has 2 amide bonds. The van der Waals surface area contributed by atoms with E-state index in [4.69, 9.17) is 0 Å². The number of nitrogens with one attached hydrogen (secondary N) is 2. The number of carbonyl (C=O) groups excluding carboxylic acids is 2. The smallest absolute Gasteiger partial charge is 0.275 e. The van der Waals surface area contributed by atoms with Gasteiger partial charge in [0, 0.05) is 30.3 Å². The minimum atomic E-state index is -0.301. The van der Waals surface area contributed by atoms with E-state index in [1.807, 2.05) is 34.6 Å². The molecule has 0 atom stereocenters. The molecule has 134 valence electrons. The van der Waals surface area contributed by atoms with Gasteiger partial charge in [-0.1, -0.05) is 20.8 Å². The molecule has 7 heteroatoms. The second-order valence-corrected chi connectivity index (χ2v) is 6.72. The maximum Gasteiger partial charge on any atom is 0.275 e. The number of anilines is 1. The Morgan fingerprint density at radius 1 is 1.16 bits per heavy atom. The number of nitrogens with zero attached hydrogens (tertiary/aromatic N) is 3. The summed E-state index contributed by atoms with van der Waals surface area (Å²) in [5.41, 5.74) is 1.62. The summed E-state index contributed by atoms with van der Waals surface area (Å²) in [5.74, 6) is -0.172. The minimum Gasteiger partial charge on any atom is -0.352 e. The van der Waals surface area contributed by atoms with Crippen LogP contribution in [0.5, 0.6) is 0 Å². The van der Waals surface area contributed by atoms with Gasteiger partial charge in [0.2, 0.25) is 0 Å². The lowest BCUT2D eigenvalue weighted by molar-refractivity contribution is 0.0954. The normalized spacial score (nSPS) is 11.2. The van der Waals surface area contributed by atoms with Crippen LogP contribution < -0.4 is 10.6 Å². The van der Waals surface area contributed by atoms with Crippen LogP contribution in [-0.4, -0.2) is 33.1 Å². The van der Waals surface area contributed by atoms with E-state index in [0.29, 0.717) is 30.2 Å². The molecule has 2 heterocycles. The molecule has 0 saturated heterocycles. The van der Waals surface area contributed by atoms with Crippen LogP contribution in [0.25, 0.3) is 0 Å². The van der Waals surface area contributed by atoms with Gasteiger partial charge in [-0.05, 0) is 32.0 Å². The summed E-state index contributed by atoms with van der Waals surface area (Å²) < 4.78 is 1.67. The molecule has 2 aromatic heterocycles. The van der Waals surface area contributed by atoms with Crippen LogP contribution in [0.1, 0.15) is 61.2 Å². The molecule has 0 aromatic carbocycles. The fourth-order valence-electron chi connectivity index (χ4n) is 2.29. The van der Waals surface area contributed by atoms with Crippen LogP contribution in [0.15, 0.2) is 24.4 Å². The van der Waals surface area contributed by atoms with Gasteiger partial charge in [0.25, 0.3) is 11.8 Å². The topological polar surface area (TPSA) is 88.9 Å². The SMILES string of the molecule is CCNC(=O)c1ccnc(NC(=O)c2cc(C(C)(C)C)nn2CC)c1. The Kier molecular flexibility index (Phi) is 5.56. The van der Waals surface area contributed by atoms with E-state index in [9.17, 15) is 9.59 Å². The molecular formula is C18H25N5O2. The first kappa shape index (κ1) is 18.6. The number of hydrogen-bond acceptors (Lipinski definition) is 4. The first-order valence-corrected chi connectivity index (χ1v) is 8.40. The van der Waals surface area contributed by atoms with Gasteiger partial charge in [-0.2, -0.15) is 5.10 Å². The minimum absolute atomic E-state index is 0.147. The summed E-state index contributed by atoms with van der Waals surface area (Å²) in [7, 11) is 0. The Hall–Kier alpha value is -2.70. The molecule has 0 unspecified atom stereocenters. The van der Waals surface area contributed by atoms with E-state index in [1.54, 1.807) is 22.9 Å². The maximum atomic E-state index is 12.6. The van der Waals surface area contributed by atoms with Crippen molar-refractivity contribution in [2.75, 3.05) is 11.9 Å². The lowest BCUT2D eigenvalue weighted by atomic mass is 9.92. The molecule has 2 aromatic rings. The number of pyridine rings is 1. The average molecular weight is 343 g/mol. The van der Waals surface area contributed by atoms with Crippen LogP contribution in [0.4, 0.5) is 5.82 Å². The third-order valence-electron chi connectivity index (χ3n) is 3.68. The van der Waals surface area contributed by atoms with Crippen molar-refractivity contribution in [1.29, 1.82) is 0 Å². The summed E-state index contributed by atoms with van der Waals surface area (Å²) in [4.78, 5) is 28.6. The molecule has 0 aliphatic carbocycles. The largest absolute Gasteiger partial charge is 0.352 e.